The minimum atomic E-state index is -1.19. The maximum absolute atomic E-state index is 13.4. The van der Waals surface area contributed by atoms with E-state index in [1.54, 1.807) is 38.1 Å². The zero-order valence-electron chi connectivity index (χ0n) is 20.3. The van der Waals surface area contributed by atoms with E-state index >= 15 is 0 Å². The molecule has 2 aliphatic heterocycles. The summed E-state index contributed by atoms with van der Waals surface area (Å²) < 4.78 is 5.19. The molecular weight excluding hydrogens is 500 g/mol. The molecule has 0 unspecified atom stereocenters. The van der Waals surface area contributed by atoms with Crippen molar-refractivity contribution in [2.45, 2.75) is 37.9 Å². The number of thioether (sulfide) groups is 1. The van der Waals surface area contributed by atoms with Crippen molar-refractivity contribution in [2.75, 3.05) is 12.9 Å². The normalized spacial score (nSPS) is 19.9. The van der Waals surface area contributed by atoms with Crippen LogP contribution in [0.3, 0.4) is 0 Å². The minimum absolute atomic E-state index is 0.0518. The van der Waals surface area contributed by atoms with E-state index in [4.69, 9.17) is 4.74 Å². The Kier molecular flexibility index (Phi) is 7.50. The lowest BCUT2D eigenvalue weighted by molar-refractivity contribution is -0.150. The maximum Gasteiger partial charge on any atom is 0.352 e. The van der Waals surface area contributed by atoms with Crippen LogP contribution in [0.25, 0.3) is 0 Å². The number of aromatic nitrogens is 1. The summed E-state index contributed by atoms with van der Waals surface area (Å²) in [5, 5.41) is 31.8. The number of hydrogen-bond acceptors (Lipinski definition) is 9. The second-order valence-corrected chi connectivity index (χ2v) is 9.68. The van der Waals surface area contributed by atoms with E-state index < -0.39 is 41.8 Å². The quantitative estimate of drug-likeness (QED) is 0.295. The van der Waals surface area contributed by atoms with Crippen LogP contribution in [0.2, 0.25) is 0 Å². The number of aliphatic hydroxyl groups excluding tert-OH is 1. The van der Waals surface area contributed by atoms with Crippen molar-refractivity contribution in [1.29, 1.82) is 0 Å². The molecule has 37 heavy (non-hydrogen) atoms. The number of aliphatic hydroxyl groups is 1. The molecule has 0 bridgehead atoms. The largest absolute Gasteiger partial charge is 0.505 e. The highest BCUT2D eigenvalue weighted by atomic mass is 32.2. The zero-order valence-corrected chi connectivity index (χ0v) is 21.2. The number of nitrogens with zero attached hydrogens (tertiary/aromatic N) is 3. The molecule has 11 nitrogen and oxygen atoms in total. The van der Waals surface area contributed by atoms with E-state index in [-0.39, 0.29) is 17.0 Å². The lowest BCUT2D eigenvalue weighted by Crippen LogP contribution is -2.70. The monoisotopic (exact) mass is 526 g/mol. The van der Waals surface area contributed by atoms with Gasteiger partial charge in [-0.3, -0.25) is 24.5 Å². The van der Waals surface area contributed by atoms with E-state index in [1.807, 2.05) is 0 Å². The highest BCUT2D eigenvalue weighted by Gasteiger charge is 2.54. The van der Waals surface area contributed by atoms with E-state index in [2.05, 4.69) is 15.3 Å². The molecule has 2 amide bonds. The molecule has 194 valence electrons. The second-order valence-electron chi connectivity index (χ2n) is 8.57. The van der Waals surface area contributed by atoms with Crippen molar-refractivity contribution in [1.82, 2.24) is 15.2 Å². The number of ether oxygens (including phenoxy) is 1. The van der Waals surface area contributed by atoms with Crippen molar-refractivity contribution < 1.29 is 34.4 Å². The van der Waals surface area contributed by atoms with Gasteiger partial charge in [-0.2, -0.15) is 0 Å². The van der Waals surface area contributed by atoms with Crippen LogP contribution in [-0.4, -0.2) is 73.5 Å². The molecule has 1 saturated heterocycles. The number of hydrogen-bond donors (Lipinski definition) is 4. The molecule has 0 spiro atoms. The average molecular weight is 527 g/mol. The Bertz CT molecular complexity index is 1310. The fraction of sp³-hybridized carbons (Fsp3) is 0.320. The Labute approximate surface area is 216 Å². The predicted molar refractivity (Wildman–Crippen MR) is 135 cm³/mol. The third kappa shape index (κ3) is 4.89. The fourth-order valence-corrected chi connectivity index (χ4v) is 5.46. The summed E-state index contributed by atoms with van der Waals surface area (Å²) in [4.78, 5) is 47.6. The van der Waals surface area contributed by atoms with Gasteiger partial charge in [0.05, 0.1) is 19.4 Å². The lowest BCUT2D eigenvalue weighted by atomic mass is 10.0. The van der Waals surface area contributed by atoms with Gasteiger partial charge in [0, 0.05) is 29.3 Å². The van der Waals surface area contributed by atoms with Gasteiger partial charge in [0.1, 0.15) is 28.6 Å². The van der Waals surface area contributed by atoms with Gasteiger partial charge in [-0.15, -0.1) is 11.8 Å². The summed E-state index contributed by atoms with van der Waals surface area (Å²) in [6.45, 7) is 2.86. The van der Waals surface area contributed by atoms with Crippen molar-refractivity contribution in [3.63, 3.8) is 0 Å². The Morgan fingerprint density at radius 2 is 2.03 bits per heavy atom. The predicted octanol–water partition coefficient (Wildman–Crippen LogP) is 1.52. The van der Waals surface area contributed by atoms with Crippen molar-refractivity contribution in [3.8, 4) is 11.5 Å². The number of carbonyl (C=O) groups excluding carboxylic acids is 2. The van der Waals surface area contributed by atoms with E-state index in [1.165, 1.54) is 36.2 Å². The number of amides is 2. The Morgan fingerprint density at radius 3 is 2.65 bits per heavy atom. The van der Waals surface area contributed by atoms with Crippen LogP contribution in [0.5, 0.6) is 11.5 Å². The lowest BCUT2D eigenvalue weighted by Gasteiger charge is -2.49. The van der Waals surface area contributed by atoms with Gasteiger partial charge in [-0.25, -0.2) is 4.79 Å². The molecule has 4 N–H and O–H groups in total. The summed E-state index contributed by atoms with van der Waals surface area (Å²) in [7, 11) is 1.51. The third-order valence-electron chi connectivity index (χ3n) is 6.22. The van der Waals surface area contributed by atoms with Crippen molar-refractivity contribution >= 4 is 35.8 Å². The van der Waals surface area contributed by atoms with Crippen molar-refractivity contribution in [3.05, 3.63) is 64.1 Å². The number of carboxylic acid groups (broad SMARTS) is 1. The van der Waals surface area contributed by atoms with Crippen molar-refractivity contribution in [2.24, 2.45) is 4.99 Å². The number of carboxylic acids is 1. The molecule has 2 aromatic rings. The summed E-state index contributed by atoms with van der Waals surface area (Å²) in [5.41, 5.74) is 1.90. The molecule has 1 fully saturated rings. The topological polar surface area (TPSA) is 162 Å². The fourth-order valence-electron chi connectivity index (χ4n) is 4.17. The van der Waals surface area contributed by atoms with Crippen LogP contribution in [0.15, 0.2) is 46.7 Å². The second kappa shape index (κ2) is 10.6. The van der Waals surface area contributed by atoms with Gasteiger partial charge < -0.3 is 25.4 Å². The number of aromatic hydroxyl groups is 1. The number of β-lactam (4-membered cyclic amide) rings is 1. The van der Waals surface area contributed by atoms with Crippen LogP contribution in [0.4, 0.5) is 0 Å². The maximum atomic E-state index is 13.4. The molecule has 3 heterocycles. The molecule has 0 radical (unpaired) electrons. The molecule has 0 saturated carbocycles. The molecular formula is C25H26N4O7S. The van der Waals surface area contributed by atoms with Gasteiger partial charge in [0.25, 0.3) is 5.91 Å². The van der Waals surface area contributed by atoms with Crippen LogP contribution in [0.1, 0.15) is 35.3 Å². The number of aryl methyl sites for hydroxylation is 1. The third-order valence-corrected chi connectivity index (χ3v) is 7.64. The summed E-state index contributed by atoms with van der Waals surface area (Å²) in [5.74, 6) is -1.45. The number of fused-ring (bicyclic) bond motifs is 1. The Morgan fingerprint density at radius 1 is 1.32 bits per heavy atom. The summed E-state index contributed by atoms with van der Waals surface area (Å²) in [6, 6.07) is 4.61. The standard InChI is InChI=1S/C25H26N4O7S/c1-12-11-37-24-19(23(33)29(24)20(12)25(34)35)28-22(32)18(14-4-6-16(36-3)7-5-14)27-9-17-15(10-30)8-26-13(2)21(17)31/h4-9,18-19,24,30-31H,10-11H2,1-3H3,(H,28,32)(H,34,35)/t18-,19-,24-/m1/s1. The number of benzene rings is 1. The van der Waals surface area contributed by atoms with Gasteiger partial charge in [-0.1, -0.05) is 12.1 Å². The number of carbonyl (C=O) groups is 3. The number of rotatable bonds is 8. The zero-order chi connectivity index (χ0) is 26.9. The van der Waals surface area contributed by atoms with E-state index in [0.29, 0.717) is 33.9 Å². The van der Waals surface area contributed by atoms with Crippen LogP contribution in [0, 0.1) is 6.92 Å². The SMILES string of the molecule is COc1ccc([C@@H](N=Cc2c(CO)cnc(C)c2O)C(=O)N[C@@H]2C(=O)N3C(C(=O)O)=C(C)CS[C@H]23)cc1. The van der Waals surface area contributed by atoms with Crippen LogP contribution >= 0.6 is 11.8 Å². The van der Waals surface area contributed by atoms with Crippen LogP contribution in [-0.2, 0) is 21.0 Å². The first kappa shape index (κ1) is 26.2. The number of nitrogens with one attached hydrogen (secondary N) is 1. The van der Waals surface area contributed by atoms with Gasteiger partial charge in [0.2, 0.25) is 5.91 Å². The average Bonchev–Trinajstić information content (AvgIpc) is 2.89. The molecule has 1 aromatic carbocycles. The summed E-state index contributed by atoms with van der Waals surface area (Å²) >= 11 is 1.37. The first-order valence-corrected chi connectivity index (χ1v) is 12.4. The minimum Gasteiger partial charge on any atom is -0.505 e. The first-order chi connectivity index (χ1) is 17.7. The number of aliphatic carboxylic acids is 1. The number of methoxy groups -OCH3 is 1. The molecule has 0 aliphatic carbocycles. The number of aliphatic imine (C=N–C) groups is 1. The van der Waals surface area contributed by atoms with Crippen LogP contribution < -0.4 is 10.1 Å². The highest BCUT2D eigenvalue weighted by molar-refractivity contribution is 8.00. The number of pyridine rings is 1. The first-order valence-electron chi connectivity index (χ1n) is 11.3. The molecule has 3 atom stereocenters. The smallest absolute Gasteiger partial charge is 0.352 e. The molecule has 1 aromatic heterocycles. The Balaban J connectivity index is 1.63. The van der Waals surface area contributed by atoms with Gasteiger partial charge >= 0.3 is 5.97 Å². The highest BCUT2D eigenvalue weighted by Crippen LogP contribution is 2.40. The molecule has 4 rings (SSSR count). The summed E-state index contributed by atoms with van der Waals surface area (Å²) in [6.07, 6.45) is 2.71. The molecule has 12 heteroatoms. The molecule has 2 aliphatic rings. The Hall–Kier alpha value is -3.90. The van der Waals surface area contributed by atoms with E-state index in [9.17, 15) is 29.7 Å². The van der Waals surface area contributed by atoms with E-state index in [0.717, 1.165) is 0 Å². The van der Waals surface area contributed by atoms with Gasteiger partial charge in [0.15, 0.2) is 6.04 Å². The van der Waals surface area contributed by atoms with Gasteiger partial charge in [-0.05, 0) is 37.1 Å².